The Morgan fingerprint density at radius 2 is 1.46 bits per heavy atom. The topological polar surface area (TPSA) is 75.4 Å². The van der Waals surface area contributed by atoms with E-state index < -0.39 is 0 Å². The lowest BCUT2D eigenvalue weighted by atomic mass is 9.99. The van der Waals surface area contributed by atoms with Crippen LogP contribution in [0, 0.1) is 0 Å². The Morgan fingerprint density at radius 1 is 0.800 bits per heavy atom. The van der Waals surface area contributed by atoms with Gasteiger partial charge in [-0.2, -0.15) is 0 Å². The lowest BCUT2D eigenvalue weighted by Crippen LogP contribution is -2.11. The standard InChI is InChI=1S/C28H18Cl2N2O3/c29-22-14-7-15-23(30)24(22)25-28(32-26(34)17-8-2-1-3-9-17)35-27(31-25)21-13-5-4-12-20(21)18-10-6-11-19(33)16-18/h1-16,33H,(H,32,34). The summed E-state index contributed by atoms with van der Waals surface area (Å²) in [6.07, 6.45) is 0. The monoisotopic (exact) mass is 500 g/mol. The molecule has 1 heterocycles. The Kier molecular flexibility index (Phi) is 6.27. The van der Waals surface area contributed by atoms with Crippen molar-refractivity contribution >= 4 is 35.0 Å². The zero-order valence-electron chi connectivity index (χ0n) is 18.2. The molecule has 5 nitrogen and oxygen atoms in total. The molecule has 5 aromatic rings. The summed E-state index contributed by atoms with van der Waals surface area (Å²) < 4.78 is 6.13. The number of hydrogen-bond donors (Lipinski definition) is 2. The van der Waals surface area contributed by atoms with Crippen molar-refractivity contribution < 1.29 is 14.3 Å². The molecule has 0 saturated heterocycles. The van der Waals surface area contributed by atoms with E-state index in [1.165, 1.54) is 0 Å². The molecule has 2 N–H and O–H groups in total. The maximum atomic E-state index is 12.9. The number of oxazole rings is 1. The largest absolute Gasteiger partial charge is 0.508 e. The van der Waals surface area contributed by atoms with Crippen LogP contribution in [-0.2, 0) is 0 Å². The van der Waals surface area contributed by atoms with Crippen LogP contribution < -0.4 is 5.32 Å². The highest BCUT2D eigenvalue weighted by atomic mass is 35.5. The number of rotatable bonds is 5. The maximum absolute atomic E-state index is 12.9. The number of aromatic hydroxyl groups is 1. The van der Waals surface area contributed by atoms with Crippen LogP contribution in [0.25, 0.3) is 33.8 Å². The normalized spacial score (nSPS) is 10.8. The third kappa shape index (κ3) is 4.64. The van der Waals surface area contributed by atoms with E-state index in [0.717, 1.165) is 11.1 Å². The van der Waals surface area contributed by atoms with Crippen LogP contribution >= 0.6 is 23.2 Å². The number of amides is 1. The minimum Gasteiger partial charge on any atom is -0.508 e. The van der Waals surface area contributed by atoms with Crippen LogP contribution in [0.3, 0.4) is 0 Å². The van der Waals surface area contributed by atoms with E-state index in [9.17, 15) is 9.90 Å². The molecule has 4 aromatic carbocycles. The Bertz CT molecular complexity index is 1510. The number of nitrogens with one attached hydrogen (secondary N) is 1. The predicted octanol–water partition coefficient (Wildman–Crippen LogP) is 7.94. The van der Waals surface area contributed by atoms with Gasteiger partial charge in [0.1, 0.15) is 11.4 Å². The third-order valence-corrected chi connectivity index (χ3v) is 6.03. The van der Waals surface area contributed by atoms with E-state index in [-0.39, 0.29) is 23.4 Å². The van der Waals surface area contributed by atoms with E-state index in [0.29, 0.717) is 32.4 Å². The van der Waals surface area contributed by atoms with Gasteiger partial charge in [-0.15, -0.1) is 0 Å². The second-order valence-electron chi connectivity index (χ2n) is 7.71. The summed E-state index contributed by atoms with van der Waals surface area (Å²) >= 11 is 13.0. The Balaban J connectivity index is 1.66. The summed E-state index contributed by atoms with van der Waals surface area (Å²) in [4.78, 5) is 17.7. The molecule has 0 radical (unpaired) electrons. The van der Waals surface area contributed by atoms with Crippen molar-refractivity contribution in [3.05, 3.63) is 113 Å². The molecule has 0 unspecified atom stereocenters. The molecule has 7 heteroatoms. The van der Waals surface area contributed by atoms with Gasteiger partial charge in [0.05, 0.1) is 10.0 Å². The van der Waals surface area contributed by atoms with Crippen LogP contribution in [0.5, 0.6) is 5.75 Å². The van der Waals surface area contributed by atoms with Crippen molar-refractivity contribution in [3.8, 4) is 39.6 Å². The van der Waals surface area contributed by atoms with Crippen molar-refractivity contribution in [2.45, 2.75) is 0 Å². The van der Waals surface area contributed by atoms with Crippen LogP contribution in [0.15, 0.2) is 101 Å². The second-order valence-corrected chi connectivity index (χ2v) is 8.52. The van der Waals surface area contributed by atoms with Crippen molar-refractivity contribution in [3.63, 3.8) is 0 Å². The van der Waals surface area contributed by atoms with Crippen molar-refractivity contribution in [1.29, 1.82) is 0 Å². The van der Waals surface area contributed by atoms with E-state index in [1.807, 2.05) is 36.4 Å². The number of carbonyl (C=O) groups excluding carboxylic acids is 1. The fraction of sp³-hybridized carbons (Fsp3) is 0. The lowest BCUT2D eigenvalue weighted by molar-refractivity contribution is 0.102. The van der Waals surface area contributed by atoms with Crippen LogP contribution in [0.2, 0.25) is 10.0 Å². The highest BCUT2D eigenvalue weighted by molar-refractivity contribution is 6.39. The second kappa shape index (κ2) is 9.66. The summed E-state index contributed by atoms with van der Waals surface area (Å²) in [7, 11) is 0. The molecule has 0 aliphatic carbocycles. The highest BCUT2D eigenvalue weighted by Crippen LogP contribution is 2.42. The summed E-state index contributed by atoms with van der Waals surface area (Å²) in [5.74, 6) is 0.163. The van der Waals surface area contributed by atoms with Crippen LogP contribution in [-0.4, -0.2) is 16.0 Å². The fourth-order valence-electron chi connectivity index (χ4n) is 3.77. The number of carbonyl (C=O) groups is 1. The third-order valence-electron chi connectivity index (χ3n) is 5.40. The van der Waals surface area contributed by atoms with E-state index in [2.05, 4.69) is 5.32 Å². The minimum absolute atomic E-state index is 0.120. The molecule has 0 bridgehead atoms. The number of aromatic nitrogens is 1. The summed E-state index contributed by atoms with van der Waals surface area (Å²) in [5, 5.41) is 13.5. The first-order chi connectivity index (χ1) is 17.0. The average molecular weight is 501 g/mol. The van der Waals surface area contributed by atoms with Gasteiger partial charge in [0.15, 0.2) is 0 Å². The van der Waals surface area contributed by atoms with Crippen LogP contribution in [0.4, 0.5) is 5.88 Å². The van der Waals surface area contributed by atoms with E-state index in [1.54, 1.807) is 60.7 Å². The molecule has 1 aromatic heterocycles. The molecule has 0 aliphatic heterocycles. The zero-order chi connectivity index (χ0) is 24.4. The van der Waals surface area contributed by atoms with E-state index in [4.69, 9.17) is 32.6 Å². The van der Waals surface area contributed by atoms with Gasteiger partial charge < -0.3 is 9.52 Å². The molecule has 0 saturated carbocycles. The molecule has 35 heavy (non-hydrogen) atoms. The number of anilines is 1. The maximum Gasteiger partial charge on any atom is 0.258 e. The average Bonchev–Trinajstić information content (AvgIpc) is 3.27. The number of hydrogen-bond acceptors (Lipinski definition) is 4. The first-order valence-corrected chi connectivity index (χ1v) is 11.5. The number of phenolic OH excluding ortho intramolecular Hbond substituents is 1. The van der Waals surface area contributed by atoms with Gasteiger partial charge in [0, 0.05) is 16.7 Å². The van der Waals surface area contributed by atoms with Crippen molar-refractivity contribution in [2.75, 3.05) is 5.32 Å². The smallest absolute Gasteiger partial charge is 0.258 e. The SMILES string of the molecule is O=C(Nc1oc(-c2ccccc2-c2cccc(O)c2)nc1-c1c(Cl)cccc1Cl)c1ccccc1. The Labute approximate surface area is 211 Å². The Morgan fingerprint density at radius 3 is 2.17 bits per heavy atom. The van der Waals surface area contributed by atoms with Crippen molar-refractivity contribution in [2.24, 2.45) is 0 Å². The van der Waals surface area contributed by atoms with Gasteiger partial charge in [-0.3, -0.25) is 10.1 Å². The van der Waals surface area contributed by atoms with Gasteiger partial charge in [0.25, 0.3) is 5.91 Å². The molecular formula is C28H18Cl2N2O3. The van der Waals surface area contributed by atoms with Gasteiger partial charge >= 0.3 is 0 Å². The molecule has 0 atom stereocenters. The molecule has 0 fully saturated rings. The molecule has 1 amide bonds. The number of phenols is 1. The summed E-state index contributed by atoms with van der Waals surface area (Å²) in [5.41, 5.74) is 3.47. The quantitative estimate of drug-likeness (QED) is 0.256. The first-order valence-electron chi connectivity index (χ1n) is 10.7. The number of benzene rings is 4. The number of halogens is 2. The zero-order valence-corrected chi connectivity index (χ0v) is 19.7. The van der Waals surface area contributed by atoms with Gasteiger partial charge in [0.2, 0.25) is 11.8 Å². The van der Waals surface area contributed by atoms with Gasteiger partial charge in [-0.05, 0) is 53.6 Å². The van der Waals surface area contributed by atoms with Crippen molar-refractivity contribution in [1.82, 2.24) is 4.98 Å². The first kappa shape index (κ1) is 22.7. The molecular weight excluding hydrogens is 483 g/mol. The highest BCUT2D eigenvalue weighted by Gasteiger charge is 2.24. The van der Waals surface area contributed by atoms with Gasteiger partial charge in [-0.1, -0.05) is 77.8 Å². The number of nitrogens with zero attached hydrogens (tertiary/aromatic N) is 1. The summed E-state index contributed by atoms with van der Waals surface area (Å²) in [6, 6.07) is 28.3. The predicted molar refractivity (Wildman–Crippen MR) is 139 cm³/mol. The van der Waals surface area contributed by atoms with E-state index >= 15 is 0 Å². The fourth-order valence-corrected chi connectivity index (χ4v) is 4.35. The van der Waals surface area contributed by atoms with Gasteiger partial charge in [-0.25, -0.2) is 4.98 Å². The Hall–Kier alpha value is -4.06. The molecule has 0 spiro atoms. The lowest BCUT2D eigenvalue weighted by Gasteiger charge is -2.07. The molecule has 0 aliphatic rings. The summed E-state index contributed by atoms with van der Waals surface area (Å²) in [6.45, 7) is 0. The molecule has 172 valence electrons. The van der Waals surface area contributed by atoms with Crippen LogP contribution in [0.1, 0.15) is 10.4 Å². The molecule has 5 rings (SSSR count). The minimum atomic E-state index is -0.362.